The Morgan fingerprint density at radius 2 is 1.63 bits per heavy atom. The maximum atomic E-state index is 12.0. The first-order chi connectivity index (χ1) is 19.6. The van der Waals surface area contributed by atoms with Crippen molar-refractivity contribution < 1.29 is 24.6 Å². The van der Waals surface area contributed by atoms with Gasteiger partial charge in [-0.3, -0.25) is 19.5 Å². The lowest BCUT2D eigenvalue weighted by Crippen LogP contribution is -2.44. The molecular formula is C27H34N8O5S. The summed E-state index contributed by atoms with van der Waals surface area (Å²) in [7, 11) is 2.14. The van der Waals surface area contributed by atoms with Crippen LogP contribution in [0.1, 0.15) is 31.4 Å². The number of anilines is 4. The van der Waals surface area contributed by atoms with Gasteiger partial charge in [0.05, 0.1) is 12.8 Å². The average molecular weight is 583 g/mol. The number of rotatable bonds is 10. The molecule has 0 bridgehead atoms. The average Bonchev–Trinajstić information content (AvgIpc) is 3.71. The van der Waals surface area contributed by atoms with Crippen molar-refractivity contribution >= 4 is 52.7 Å². The van der Waals surface area contributed by atoms with Gasteiger partial charge in [-0.1, -0.05) is 0 Å². The molecule has 0 spiro atoms. The lowest BCUT2D eigenvalue weighted by Gasteiger charge is -2.33. The summed E-state index contributed by atoms with van der Waals surface area (Å²) in [6.07, 6.45) is 1.40. The minimum absolute atomic E-state index is 0.114. The van der Waals surface area contributed by atoms with Crippen molar-refractivity contribution in [1.29, 1.82) is 0 Å². The molecule has 2 aromatic heterocycles. The number of benzene rings is 1. The zero-order chi connectivity index (χ0) is 29.4. The van der Waals surface area contributed by atoms with E-state index in [1.165, 1.54) is 11.8 Å². The van der Waals surface area contributed by atoms with E-state index in [1.54, 1.807) is 0 Å². The molecule has 1 aliphatic carbocycles. The van der Waals surface area contributed by atoms with Crippen molar-refractivity contribution in [2.75, 3.05) is 48.8 Å². The van der Waals surface area contributed by atoms with Gasteiger partial charge in [0.2, 0.25) is 5.91 Å². The van der Waals surface area contributed by atoms with Crippen LogP contribution >= 0.6 is 11.8 Å². The maximum Gasteiger partial charge on any atom is 0.303 e. The number of aliphatic carboxylic acids is 2. The Morgan fingerprint density at radius 3 is 2.20 bits per heavy atom. The number of carboxylic acid groups (broad SMARTS) is 2. The molecule has 3 heterocycles. The van der Waals surface area contributed by atoms with Crippen LogP contribution in [0.5, 0.6) is 0 Å². The maximum absolute atomic E-state index is 12.0. The van der Waals surface area contributed by atoms with Crippen LogP contribution in [0.3, 0.4) is 0 Å². The molecule has 0 unspecified atom stereocenters. The second-order valence-electron chi connectivity index (χ2n) is 9.92. The van der Waals surface area contributed by atoms with E-state index in [0.717, 1.165) is 66.9 Å². The van der Waals surface area contributed by atoms with Gasteiger partial charge in [-0.25, -0.2) is 9.97 Å². The molecule has 41 heavy (non-hydrogen) atoms. The van der Waals surface area contributed by atoms with E-state index in [1.807, 2.05) is 43.3 Å². The van der Waals surface area contributed by atoms with Crippen LogP contribution in [0.15, 0.2) is 46.5 Å². The lowest BCUT2D eigenvalue weighted by atomic mass is 10.3. The number of piperazine rings is 1. The largest absolute Gasteiger partial charge is 0.481 e. The molecule has 1 aromatic carbocycles. The molecule has 1 saturated heterocycles. The van der Waals surface area contributed by atoms with Crippen molar-refractivity contribution in [3.63, 3.8) is 0 Å². The Morgan fingerprint density at radius 1 is 0.976 bits per heavy atom. The van der Waals surface area contributed by atoms with Gasteiger partial charge in [-0.15, -0.1) is 0 Å². The summed E-state index contributed by atoms with van der Waals surface area (Å²) in [5.74, 6) is 0.490. The number of aryl methyl sites for hydroxylation is 1. The van der Waals surface area contributed by atoms with Crippen molar-refractivity contribution in [3.8, 4) is 0 Å². The number of aromatic nitrogens is 4. The van der Waals surface area contributed by atoms with Crippen LogP contribution in [-0.4, -0.2) is 86.4 Å². The number of hydrogen-bond donors (Lipinski definition) is 5. The third-order valence-electron chi connectivity index (χ3n) is 6.31. The first-order valence-corrected chi connectivity index (χ1v) is 14.1. The molecule has 14 heteroatoms. The molecule has 1 aliphatic heterocycles. The molecule has 1 amide bonds. The Hall–Kier alpha value is -4.17. The highest BCUT2D eigenvalue weighted by Gasteiger charge is 2.29. The minimum atomic E-state index is -1.08. The quantitative estimate of drug-likeness (QED) is 0.220. The van der Waals surface area contributed by atoms with Crippen LogP contribution in [0.4, 0.5) is 23.1 Å². The smallest absolute Gasteiger partial charge is 0.303 e. The summed E-state index contributed by atoms with van der Waals surface area (Å²) >= 11 is 1.50. The number of amides is 1. The summed E-state index contributed by atoms with van der Waals surface area (Å²) in [5.41, 5.74) is 1.80. The fourth-order valence-electron chi connectivity index (χ4n) is 3.85. The van der Waals surface area contributed by atoms with Gasteiger partial charge in [0.25, 0.3) is 0 Å². The first-order valence-electron chi connectivity index (χ1n) is 13.3. The van der Waals surface area contributed by atoms with Crippen LogP contribution < -0.4 is 15.5 Å². The van der Waals surface area contributed by atoms with Crippen molar-refractivity contribution in [3.05, 3.63) is 42.1 Å². The van der Waals surface area contributed by atoms with Crippen LogP contribution in [0.25, 0.3) is 0 Å². The molecule has 5 N–H and O–H groups in total. The van der Waals surface area contributed by atoms with Gasteiger partial charge >= 0.3 is 11.9 Å². The van der Waals surface area contributed by atoms with Crippen molar-refractivity contribution in [2.45, 2.75) is 42.7 Å². The monoisotopic (exact) mass is 582 g/mol. The van der Waals surface area contributed by atoms with E-state index >= 15 is 0 Å². The normalized spacial score (nSPS) is 15.0. The van der Waals surface area contributed by atoms with Gasteiger partial charge in [0.1, 0.15) is 11.6 Å². The molecular weight excluding hydrogens is 548 g/mol. The van der Waals surface area contributed by atoms with Crippen LogP contribution in [-0.2, 0) is 14.4 Å². The number of likely N-dealkylation sites (N-methyl/N-ethyl adjacent to an activating group) is 1. The van der Waals surface area contributed by atoms with Gasteiger partial charge < -0.3 is 30.6 Å². The van der Waals surface area contributed by atoms with Crippen LogP contribution in [0, 0.1) is 12.8 Å². The number of aromatic amines is 1. The second kappa shape index (κ2) is 13.9. The Bertz CT molecular complexity index is 1340. The number of nitrogens with zero attached hydrogens (tertiary/aromatic N) is 5. The van der Waals surface area contributed by atoms with Crippen LogP contribution in [0.2, 0.25) is 0 Å². The van der Waals surface area contributed by atoms with E-state index in [4.69, 9.17) is 20.2 Å². The Balaban J connectivity index is 0.000000426. The van der Waals surface area contributed by atoms with E-state index < -0.39 is 11.9 Å². The third kappa shape index (κ3) is 9.76. The molecule has 2 aliphatic rings. The second-order valence-corrected chi connectivity index (χ2v) is 11.0. The lowest BCUT2D eigenvalue weighted by molar-refractivity contribution is -0.143. The molecule has 3 aromatic rings. The standard InChI is InChI=1S/C23H28N8OS.C4H6O4/c1-15-13-20(29-28-15)25-19-14-21(31-11-9-30(2)10-12-31)27-23(26-19)33-18-7-5-17(6-8-18)24-22(32)16-3-4-16;5-3(6)1-2-4(7)8/h5-8,13-14,16H,3-4,9-12H2,1-2H3,(H,24,32)(H2,25,26,27,28,29);1-2H2,(H,5,6)(H,7,8). The summed E-state index contributed by atoms with van der Waals surface area (Å²) in [5, 5.41) is 30.0. The summed E-state index contributed by atoms with van der Waals surface area (Å²) in [4.78, 5) is 46.5. The number of carboxylic acids is 2. The van der Waals surface area contributed by atoms with E-state index in [9.17, 15) is 14.4 Å². The van der Waals surface area contributed by atoms with Gasteiger partial charge in [0, 0.05) is 60.5 Å². The molecule has 0 atom stereocenters. The summed E-state index contributed by atoms with van der Waals surface area (Å²) < 4.78 is 0. The molecule has 1 saturated carbocycles. The zero-order valence-corrected chi connectivity index (χ0v) is 23.8. The van der Waals surface area contributed by atoms with E-state index in [2.05, 4.69) is 37.7 Å². The van der Waals surface area contributed by atoms with Gasteiger partial charge in [0.15, 0.2) is 11.0 Å². The third-order valence-corrected chi connectivity index (χ3v) is 7.19. The van der Waals surface area contributed by atoms with Crippen molar-refractivity contribution in [1.82, 2.24) is 25.1 Å². The fourth-order valence-corrected chi connectivity index (χ4v) is 4.61. The zero-order valence-electron chi connectivity index (χ0n) is 23.0. The van der Waals surface area contributed by atoms with Gasteiger partial charge in [-0.2, -0.15) is 5.10 Å². The molecule has 13 nitrogen and oxygen atoms in total. The molecule has 2 fully saturated rings. The highest BCUT2D eigenvalue weighted by atomic mass is 32.2. The molecule has 5 rings (SSSR count). The summed E-state index contributed by atoms with van der Waals surface area (Å²) in [6, 6.07) is 11.8. The van der Waals surface area contributed by atoms with E-state index in [0.29, 0.717) is 11.0 Å². The number of nitrogens with one attached hydrogen (secondary N) is 3. The highest BCUT2D eigenvalue weighted by molar-refractivity contribution is 7.99. The topological polar surface area (TPSA) is 177 Å². The van der Waals surface area contributed by atoms with Gasteiger partial charge in [-0.05, 0) is 62.8 Å². The fraction of sp³-hybridized carbons (Fsp3) is 0.407. The SMILES string of the molecule is Cc1cc(Nc2cc(N3CCN(C)CC3)nc(Sc3ccc(NC(=O)C4CC4)cc3)n2)n[nH]1.O=C(O)CCC(=O)O. The molecule has 218 valence electrons. The highest BCUT2D eigenvalue weighted by Crippen LogP contribution is 2.32. The predicted octanol–water partition coefficient (Wildman–Crippen LogP) is 3.44. The van der Waals surface area contributed by atoms with Crippen molar-refractivity contribution in [2.24, 2.45) is 5.92 Å². The Kier molecular flexibility index (Phi) is 10.1. The number of carbonyl (C=O) groups excluding carboxylic acids is 1. The Labute approximate surface area is 241 Å². The first kappa shape index (κ1) is 29.8. The number of carbonyl (C=O) groups is 3. The molecule has 0 radical (unpaired) electrons. The minimum Gasteiger partial charge on any atom is -0.481 e. The number of H-pyrrole nitrogens is 1. The predicted molar refractivity (Wildman–Crippen MR) is 155 cm³/mol. The van der Waals surface area contributed by atoms with E-state index in [-0.39, 0.29) is 24.7 Å². The number of hydrogen-bond acceptors (Lipinski definition) is 10. The summed E-state index contributed by atoms with van der Waals surface area (Å²) in [6.45, 7) is 5.82.